The molecule has 0 unspecified atom stereocenters. The third-order valence-corrected chi connectivity index (χ3v) is 4.77. The average Bonchev–Trinajstić information content (AvgIpc) is 3.08. The molecule has 0 aliphatic rings. The lowest BCUT2D eigenvalue weighted by atomic mass is 10.2. The minimum Gasteiger partial charge on any atom is -0.325 e. The zero-order chi connectivity index (χ0) is 18.6. The number of carbonyl (C=O) groups is 1. The number of thiazole rings is 1. The van der Waals surface area contributed by atoms with Gasteiger partial charge >= 0.3 is 0 Å². The van der Waals surface area contributed by atoms with Gasteiger partial charge in [-0.2, -0.15) is 0 Å². The van der Waals surface area contributed by atoms with Crippen molar-refractivity contribution in [3.63, 3.8) is 0 Å². The lowest BCUT2D eigenvalue weighted by molar-refractivity contribution is -0.115. The second-order valence-corrected chi connectivity index (χ2v) is 6.95. The van der Waals surface area contributed by atoms with E-state index >= 15 is 0 Å². The van der Waals surface area contributed by atoms with Gasteiger partial charge in [-0.25, -0.2) is 9.97 Å². The van der Waals surface area contributed by atoms with Crippen molar-refractivity contribution >= 4 is 44.8 Å². The number of benzene rings is 1. The summed E-state index contributed by atoms with van der Waals surface area (Å²) in [5.74, 6) is 0.625. The van der Waals surface area contributed by atoms with Crippen LogP contribution in [0.1, 0.15) is 11.3 Å². The SMILES string of the molecule is Cc1ccnc(Nc2nc(CC(=O)Nc3cccc4ncccc34)cs2)c1. The van der Waals surface area contributed by atoms with E-state index in [0.717, 1.165) is 28.0 Å². The zero-order valence-electron chi connectivity index (χ0n) is 14.6. The van der Waals surface area contributed by atoms with Gasteiger partial charge in [-0.15, -0.1) is 11.3 Å². The number of hydrogen-bond donors (Lipinski definition) is 2. The first-order valence-electron chi connectivity index (χ1n) is 8.45. The van der Waals surface area contributed by atoms with Gasteiger partial charge in [-0.3, -0.25) is 9.78 Å². The lowest BCUT2D eigenvalue weighted by Gasteiger charge is -2.07. The van der Waals surface area contributed by atoms with Crippen molar-refractivity contribution in [2.45, 2.75) is 13.3 Å². The van der Waals surface area contributed by atoms with Crippen LogP contribution in [-0.2, 0) is 11.2 Å². The normalized spacial score (nSPS) is 10.7. The fourth-order valence-electron chi connectivity index (χ4n) is 2.73. The van der Waals surface area contributed by atoms with Gasteiger partial charge in [0.15, 0.2) is 5.13 Å². The van der Waals surface area contributed by atoms with E-state index in [1.807, 2.05) is 54.8 Å². The third-order valence-electron chi connectivity index (χ3n) is 3.96. The molecule has 0 saturated heterocycles. The van der Waals surface area contributed by atoms with Crippen LogP contribution >= 0.6 is 11.3 Å². The summed E-state index contributed by atoms with van der Waals surface area (Å²) in [7, 11) is 0. The van der Waals surface area contributed by atoms with Gasteiger partial charge in [0.2, 0.25) is 5.91 Å². The van der Waals surface area contributed by atoms with Crippen LogP contribution in [0.3, 0.4) is 0 Å². The van der Waals surface area contributed by atoms with E-state index in [4.69, 9.17) is 0 Å². The Hall–Kier alpha value is -3.32. The fourth-order valence-corrected chi connectivity index (χ4v) is 3.45. The number of pyridine rings is 2. The molecule has 0 atom stereocenters. The van der Waals surface area contributed by atoms with Crippen molar-refractivity contribution in [1.29, 1.82) is 0 Å². The fraction of sp³-hybridized carbons (Fsp3) is 0.100. The molecule has 0 radical (unpaired) electrons. The zero-order valence-corrected chi connectivity index (χ0v) is 15.5. The van der Waals surface area contributed by atoms with E-state index in [1.54, 1.807) is 12.4 Å². The quantitative estimate of drug-likeness (QED) is 0.543. The predicted octanol–water partition coefficient (Wildman–Crippen LogP) is 4.32. The number of amides is 1. The Morgan fingerprint density at radius 1 is 1.11 bits per heavy atom. The number of aromatic nitrogens is 3. The molecule has 6 nitrogen and oxygen atoms in total. The second-order valence-electron chi connectivity index (χ2n) is 6.09. The molecule has 1 amide bonds. The molecule has 7 heteroatoms. The van der Waals surface area contributed by atoms with Crippen molar-refractivity contribution < 1.29 is 4.79 Å². The Kier molecular flexibility index (Phi) is 4.76. The van der Waals surface area contributed by atoms with Crippen molar-refractivity contribution in [3.05, 3.63) is 71.5 Å². The average molecular weight is 375 g/mol. The Morgan fingerprint density at radius 2 is 2.04 bits per heavy atom. The van der Waals surface area contributed by atoms with Crippen LogP contribution in [0.4, 0.5) is 16.6 Å². The smallest absolute Gasteiger partial charge is 0.230 e. The maximum Gasteiger partial charge on any atom is 0.230 e. The molecule has 4 rings (SSSR count). The van der Waals surface area contributed by atoms with Crippen LogP contribution in [0.15, 0.2) is 60.2 Å². The van der Waals surface area contributed by atoms with Crippen LogP contribution in [0, 0.1) is 6.92 Å². The first-order chi connectivity index (χ1) is 13.2. The van der Waals surface area contributed by atoms with Crippen molar-refractivity contribution in [3.8, 4) is 0 Å². The summed E-state index contributed by atoms with van der Waals surface area (Å²) in [6.45, 7) is 2.01. The van der Waals surface area contributed by atoms with E-state index in [2.05, 4.69) is 25.6 Å². The van der Waals surface area contributed by atoms with Gasteiger partial charge in [0.1, 0.15) is 5.82 Å². The first kappa shape index (κ1) is 17.1. The highest BCUT2D eigenvalue weighted by molar-refractivity contribution is 7.13. The molecule has 27 heavy (non-hydrogen) atoms. The highest BCUT2D eigenvalue weighted by Crippen LogP contribution is 2.23. The van der Waals surface area contributed by atoms with Crippen LogP contribution in [0.2, 0.25) is 0 Å². The summed E-state index contributed by atoms with van der Waals surface area (Å²) in [4.78, 5) is 25.5. The summed E-state index contributed by atoms with van der Waals surface area (Å²) in [5.41, 5.74) is 3.43. The predicted molar refractivity (Wildman–Crippen MR) is 108 cm³/mol. The Morgan fingerprint density at radius 3 is 2.93 bits per heavy atom. The van der Waals surface area contributed by atoms with Crippen LogP contribution in [0.5, 0.6) is 0 Å². The molecule has 2 N–H and O–H groups in total. The molecule has 0 aliphatic carbocycles. The molecule has 3 aromatic heterocycles. The number of nitrogens with zero attached hydrogens (tertiary/aromatic N) is 3. The summed E-state index contributed by atoms with van der Waals surface area (Å²) in [6.07, 6.45) is 3.69. The Balaban J connectivity index is 1.43. The standard InChI is InChI=1S/C20H17N5OS/c1-13-7-9-22-18(10-13)25-20-23-14(12-27-20)11-19(26)24-17-6-2-5-16-15(17)4-3-8-21-16/h2-10,12H,11H2,1H3,(H,24,26)(H,22,23,25). The monoisotopic (exact) mass is 375 g/mol. The minimum absolute atomic E-state index is 0.114. The number of nitrogens with one attached hydrogen (secondary N) is 2. The maximum atomic E-state index is 12.4. The first-order valence-corrected chi connectivity index (χ1v) is 9.33. The van der Waals surface area contributed by atoms with Gasteiger partial charge in [0.25, 0.3) is 0 Å². The van der Waals surface area contributed by atoms with Gasteiger partial charge in [-0.1, -0.05) is 6.07 Å². The highest BCUT2D eigenvalue weighted by Gasteiger charge is 2.10. The van der Waals surface area contributed by atoms with Crippen molar-refractivity contribution in [2.75, 3.05) is 10.6 Å². The maximum absolute atomic E-state index is 12.4. The number of fused-ring (bicyclic) bond motifs is 1. The summed E-state index contributed by atoms with van der Waals surface area (Å²) in [5, 5.41) is 9.63. The number of anilines is 3. The van der Waals surface area contributed by atoms with E-state index in [1.165, 1.54) is 11.3 Å². The number of rotatable bonds is 5. The van der Waals surface area contributed by atoms with E-state index < -0.39 is 0 Å². The molecular formula is C20H17N5OS. The highest BCUT2D eigenvalue weighted by atomic mass is 32.1. The minimum atomic E-state index is -0.114. The molecule has 0 saturated carbocycles. The number of aryl methyl sites for hydroxylation is 1. The lowest BCUT2D eigenvalue weighted by Crippen LogP contribution is -2.14. The summed E-state index contributed by atoms with van der Waals surface area (Å²) >= 11 is 1.45. The van der Waals surface area contributed by atoms with Crippen molar-refractivity contribution in [2.24, 2.45) is 0 Å². The van der Waals surface area contributed by atoms with Gasteiger partial charge in [-0.05, 0) is 48.9 Å². The summed E-state index contributed by atoms with van der Waals surface area (Å²) in [6, 6.07) is 13.4. The van der Waals surface area contributed by atoms with E-state index in [0.29, 0.717) is 10.8 Å². The van der Waals surface area contributed by atoms with Crippen LogP contribution < -0.4 is 10.6 Å². The van der Waals surface area contributed by atoms with E-state index in [9.17, 15) is 4.79 Å². The molecule has 4 aromatic rings. The molecular weight excluding hydrogens is 358 g/mol. The Bertz CT molecular complexity index is 1100. The third kappa shape index (κ3) is 4.09. The van der Waals surface area contributed by atoms with Gasteiger partial charge in [0.05, 0.1) is 23.3 Å². The topological polar surface area (TPSA) is 79.8 Å². The van der Waals surface area contributed by atoms with Crippen LogP contribution in [0.25, 0.3) is 10.9 Å². The Labute approximate surface area is 160 Å². The van der Waals surface area contributed by atoms with Crippen LogP contribution in [-0.4, -0.2) is 20.9 Å². The molecule has 1 aromatic carbocycles. The molecule has 0 bridgehead atoms. The molecule has 3 heterocycles. The molecule has 0 aliphatic heterocycles. The summed E-state index contributed by atoms with van der Waals surface area (Å²) < 4.78 is 0. The number of hydrogen-bond acceptors (Lipinski definition) is 6. The van der Waals surface area contributed by atoms with Gasteiger partial charge in [0, 0.05) is 23.2 Å². The molecule has 134 valence electrons. The van der Waals surface area contributed by atoms with Gasteiger partial charge < -0.3 is 10.6 Å². The van der Waals surface area contributed by atoms with Crippen molar-refractivity contribution in [1.82, 2.24) is 15.0 Å². The largest absolute Gasteiger partial charge is 0.325 e. The molecule has 0 spiro atoms. The molecule has 0 fully saturated rings. The number of carbonyl (C=O) groups excluding carboxylic acids is 1. The second kappa shape index (κ2) is 7.51. The van der Waals surface area contributed by atoms with E-state index in [-0.39, 0.29) is 12.3 Å².